The molecule has 0 fully saturated rings. The highest BCUT2D eigenvalue weighted by molar-refractivity contribution is 7.99. The van der Waals surface area contributed by atoms with E-state index in [4.69, 9.17) is 5.84 Å². The lowest BCUT2D eigenvalue weighted by Crippen LogP contribution is -2.28. The van der Waals surface area contributed by atoms with Crippen LogP contribution in [0.2, 0.25) is 0 Å². The average molecular weight is 300 g/mol. The molecule has 1 aromatic heterocycles. The summed E-state index contributed by atoms with van der Waals surface area (Å²) in [5.41, 5.74) is 0. The van der Waals surface area contributed by atoms with Gasteiger partial charge in [-0.05, 0) is 27.1 Å². The minimum Gasteiger partial charge on any atom is -0.355 e. The quantitative estimate of drug-likeness (QED) is 0.407. The average Bonchev–Trinajstić information content (AvgIpc) is 2.73. The maximum Gasteiger partial charge on any atom is 0.230 e. The van der Waals surface area contributed by atoms with Gasteiger partial charge in [0.25, 0.3) is 0 Å². The number of carbonyl (C=O) groups excluding carboxylic acids is 1. The highest BCUT2D eigenvalue weighted by Crippen LogP contribution is 2.18. The molecule has 1 rings (SSSR count). The van der Waals surface area contributed by atoms with Gasteiger partial charge in [-0.1, -0.05) is 25.6 Å². The molecule has 0 aliphatic carbocycles. The van der Waals surface area contributed by atoms with Crippen molar-refractivity contribution < 1.29 is 4.79 Å². The number of thioether (sulfide) groups is 1. The lowest BCUT2D eigenvalue weighted by molar-refractivity contribution is -0.118. The van der Waals surface area contributed by atoms with E-state index in [0.717, 1.165) is 18.8 Å². The van der Waals surface area contributed by atoms with E-state index in [9.17, 15) is 4.79 Å². The van der Waals surface area contributed by atoms with Crippen molar-refractivity contribution in [2.75, 3.05) is 38.8 Å². The van der Waals surface area contributed by atoms with E-state index in [1.807, 2.05) is 27.9 Å². The van der Waals surface area contributed by atoms with Crippen molar-refractivity contribution in [3.05, 3.63) is 5.82 Å². The molecule has 7 nitrogen and oxygen atoms in total. The number of carbonyl (C=O) groups is 1. The molecular weight excluding hydrogens is 276 g/mol. The second-order valence-corrected chi connectivity index (χ2v) is 6.10. The highest BCUT2D eigenvalue weighted by Gasteiger charge is 2.14. The van der Waals surface area contributed by atoms with E-state index in [1.165, 1.54) is 16.4 Å². The SMILES string of the molecule is CC(C)c1nnc(SCC(=O)NCCCN(C)C)n1N. The molecule has 1 amide bonds. The third kappa shape index (κ3) is 5.38. The summed E-state index contributed by atoms with van der Waals surface area (Å²) in [5.74, 6) is 7.10. The molecule has 0 unspecified atom stereocenters. The zero-order valence-corrected chi connectivity index (χ0v) is 13.4. The van der Waals surface area contributed by atoms with E-state index < -0.39 is 0 Å². The first kappa shape index (κ1) is 16.8. The van der Waals surface area contributed by atoms with Gasteiger partial charge in [-0.25, -0.2) is 4.68 Å². The van der Waals surface area contributed by atoms with Crippen molar-refractivity contribution >= 4 is 17.7 Å². The van der Waals surface area contributed by atoms with Crippen molar-refractivity contribution in [3.63, 3.8) is 0 Å². The Hall–Kier alpha value is -1.28. The minimum atomic E-state index is -0.0112. The Morgan fingerprint density at radius 2 is 2.15 bits per heavy atom. The molecule has 0 bridgehead atoms. The fraction of sp³-hybridized carbons (Fsp3) is 0.750. The molecule has 0 aromatic carbocycles. The Labute approximate surface area is 124 Å². The molecule has 0 atom stereocenters. The summed E-state index contributed by atoms with van der Waals surface area (Å²) in [6.07, 6.45) is 0.938. The molecule has 1 heterocycles. The van der Waals surface area contributed by atoms with Crippen LogP contribution in [0.15, 0.2) is 5.16 Å². The first-order valence-corrected chi connectivity index (χ1v) is 7.65. The van der Waals surface area contributed by atoms with Gasteiger partial charge in [0.2, 0.25) is 11.1 Å². The van der Waals surface area contributed by atoms with Crippen LogP contribution in [0.4, 0.5) is 0 Å². The Kier molecular flexibility index (Phi) is 6.80. The van der Waals surface area contributed by atoms with Crippen LogP contribution in [-0.2, 0) is 4.79 Å². The van der Waals surface area contributed by atoms with E-state index in [2.05, 4.69) is 20.4 Å². The normalized spacial score (nSPS) is 11.3. The number of amides is 1. The summed E-state index contributed by atoms with van der Waals surface area (Å²) in [7, 11) is 4.02. The molecule has 0 aliphatic rings. The number of aromatic nitrogens is 3. The fourth-order valence-electron chi connectivity index (χ4n) is 1.58. The maximum absolute atomic E-state index is 11.7. The lowest BCUT2D eigenvalue weighted by Gasteiger charge is -2.09. The van der Waals surface area contributed by atoms with Crippen molar-refractivity contribution in [1.82, 2.24) is 25.1 Å². The van der Waals surface area contributed by atoms with Gasteiger partial charge in [0, 0.05) is 12.5 Å². The molecule has 0 aliphatic heterocycles. The molecule has 3 N–H and O–H groups in total. The van der Waals surface area contributed by atoms with Gasteiger partial charge in [0.1, 0.15) is 0 Å². The smallest absolute Gasteiger partial charge is 0.230 e. The molecule has 0 saturated heterocycles. The van der Waals surface area contributed by atoms with Crippen molar-refractivity contribution in [3.8, 4) is 0 Å². The Balaban J connectivity index is 2.31. The largest absolute Gasteiger partial charge is 0.355 e. The van der Waals surface area contributed by atoms with Crippen LogP contribution in [0, 0.1) is 0 Å². The number of hydrogen-bond donors (Lipinski definition) is 2. The Morgan fingerprint density at radius 3 is 2.70 bits per heavy atom. The monoisotopic (exact) mass is 300 g/mol. The van der Waals surface area contributed by atoms with Crippen LogP contribution in [0.1, 0.15) is 32.0 Å². The lowest BCUT2D eigenvalue weighted by atomic mass is 10.2. The number of rotatable bonds is 8. The number of nitrogens with two attached hydrogens (primary N) is 1. The summed E-state index contributed by atoms with van der Waals surface area (Å²) in [5, 5.41) is 11.5. The van der Waals surface area contributed by atoms with Gasteiger partial charge in [-0.3, -0.25) is 4.79 Å². The summed E-state index contributed by atoms with van der Waals surface area (Å²) in [6, 6.07) is 0. The molecule has 1 aromatic rings. The third-order valence-corrected chi connectivity index (χ3v) is 3.59. The maximum atomic E-state index is 11.7. The van der Waals surface area contributed by atoms with E-state index in [-0.39, 0.29) is 11.8 Å². The van der Waals surface area contributed by atoms with Gasteiger partial charge in [0.15, 0.2) is 5.82 Å². The number of nitrogen functional groups attached to an aromatic ring is 1. The van der Waals surface area contributed by atoms with Crippen LogP contribution in [-0.4, -0.2) is 58.6 Å². The van der Waals surface area contributed by atoms with Crippen molar-refractivity contribution in [1.29, 1.82) is 0 Å². The molecule has 114 valence electrons. The highest BCUT2D eigenvalue weighted by atomic mass is 32.2. The molecule has 8 heteroatoms. The van der Waals surface area contributed by atoms with Gasteiger partial charge >= 0.3 is 0 Å². The van der Waals surface area contributed by atoms with Crippen LogP contribution in [0.3, 0.4) is 0 Å². The van der Waals surface area contributed by atoms with Gasteiger partial charge in [0.05, 0.1) is 5.75 Å². The third-order valence-electron chi connectivity index (χ3n) is 2.64. The molecular formula is C12H24N6OS. The summed E-state index contributed by atoms with van der Waals surface area (Å²) in [4.78, 5) is 13.8. The van der Waals surface area contributed by atoms with Crippen LogP contribution in [0.25, 0.3) is 0 Å². The van der Waals surface area contributed by atoms with Crippen molar-refractivity contribution in [2.24, 2.45) is 0 Å². The molecule has 0 saturated carbocycles. The predicted molar refractivity (Wildman–Crippen MR) is 81.2 cm³/mol. The minimum absolute atomic E-state index is 0.0112. The summed E-state index contributed by atoms with van der Waals surface area (Å²) >= 11 is 1.30. The van der Waals surface area contributed by atoms with Gasteiger partial charge in [-0.2, -0.15) is 0 Å². The predicted octanol–water partition coefficient (Wildman–Crippen LogP) is 0.275. The van der Waals surface area contributed by atoms with Crippen LogP contribution in [0.5, 0.6) is 0 Å². The molecule has 20 heavy (non-hydrogen) atoms. The van der Waals surface area contributed by atoms with Crippen LogP contribution >= 0.6 is 11.8 Å². The zero-order valence-electron chi connectivity index (χ0n) is 12.6. The first-order valence-electron chi connectivity index (χ1n) is 6.66. The molecule has 0 spiro atoms. The number of nitrogens with zero attached hydrogens (tertiary/aromatic N) is 4. The van der Waals surface area contributed by atoms with Gasteiger partial charge in [-0.15, -0.1) is 10.2 Å². The van der Waals surface area contributed by atoms with E-state index in [0.29, 0.717) is 17.5 Å². The Bertz CT molecular complexity index is 432. The van der Waals surface area contributed by atoms with Crippen molar-refractivity contribution in [2.45, 2.75) is 31.3 Å². The summed E-state index contributed by atoms with van der Waals surface area (Å²) < 4.78 is 1.45. The first-order chi connectivity index (χ1) is 9.41. The second-order valence-electron chi connectivity index (χ2n) is 5.16. The number of nitrogens with one attached hydrogen (secondary N) is 1. The van der Waals surface area contributed by atoms with Gasteiger partial charge < -0.3 is 16.1 Å². The summed E-state index contributed by atoms with van der Waals surface area (Å²) in [6.45, 7) is 5.64. The fourth-order valence-corrected chi connectivity index (χ4v) is 2.28. The zero-order chi connectivity index (χ0) is 15.1. The standard InChI is InChI=1S/C12H24N6OS/c1-9(2)11-15-16-12(18(11)13)20-8-10(19)14-6-5-7-17(3)4/h9H,5-8,13H2,1-4H3,(H,14,19). The molecule has 0 radical (unpaired) electrons. The topological polar surface area (TPSA) is 89.1 Å². The Morgan fingerprint density at radius 1 is 1.45 bits per heavy atom. The second kappa shape index (κ2) is 8.11. The number of hydrogen-bond acceptors (Lipinski definition) is 6. The van der Waals surface area contributed by atoms with E-state index in [1.54, 1.807) is 0 Å². The van der Waals surface area contributed by atoms with Crippen LogP contribution < -0.4 is 11.2 Å². The van der Waals surface area contributed by atoms with E-state index >= 15 is 0 Å².